The SMILES string of the molecule is CC[C@H](C)[C@@H](C(=O)N1CCN(c2nc(Nc3ccc(-c4c5ccc(=O)cc-5oc5cc(O)ccc45)c(C(=O)O)c3)nc(N3CCN(C(=O)[C@H](C)n4cc(CCCN=C(N)N)nn4)CC3)n2)CC1)n1cc(CCCCN)nn1. The average Bonchev–Trinajstić information content (AvgIpc) is 4.15. The van der Waals surface area contributed by atoms with Gasteiger partial charge in [0.15, 0.2) is 11.4 Å². The number of fused-ring (bicyclic) bond motifs is 2. The number of aromatic carboxylic acids is 1. The number of guanidine groups is 1. The standard InChI is InChI=1S/C52H64N18O7/c1-4-31(2)45(70-30-34(62-64-70)8-5-6-16-53)47(74)66-20-24-68(25-21-66)52-59-50(58-51(60-52)67-22-18-65(19-23-67)46(73)32(3)69-29-35(61-63-69)9-7-17-56-49(54)55)57-33-10-13-38(41(26-33)48(75)76)44-39-14-11-36(71)27-42(39)77-43-28-37(72)12-15-40(43)44/h10-15,26-32,45,71H,4-9,16-25,53H2,1-3H3,(H,75,76)(H4,54,55,56)(H,57,58,59,60)/t31-,32-,45-/m0/s1. The Labute approximate surface area is 443 Å². The molecule has 9 N–H and O–H groups in total. The second-order valence-corrected chi connectivity index (χ2v) is 19.4. The Morgan fingerprint density at radius 3 is 2.05 bits per heavy atom. The predicted molar refractivity (Wildman–Crippen MR) is 288 cm³/mol. The fourth-order valence-electron chi connectivity index (χ4n) is 9.75. The van der Waals surface area contributed by atoms with Crippen LogP contribution in [0.5, 0.6) is 5.75 Å². The van der Waals surface area contributed by atoms with Gasteiger partial charge in [-0.2, -0.15) is 15.0 Å². The molecule has 2 saturated heterocycles. The zero-order valence-electron chi connectivity index (χ0n) is 43.3. The molecule has 3 atom stereocenters. The molecular weight excluding hydrogens is 989 g/mol. The number of nitrogens with one attached hydrogen (secondary N) is 1. The number of rotatable bonds is 20. The molecule has 6 heterocycles. The third-order valence-electron chi connectivity index (χ3n) is 14.2. The maximum absolute atomic E-state index is 14.4. The first-order chi connectivity index (χ1) is 37.2. The maximum atomic E-state index is 14.4. The van der Waals surface area contributed by atoms with Crippen molar-refractivity contribution in [2.75, 3.05) is 80.6 Å². The first-order valence-electron chi connectivity index (χ1n) is 25.9. The van der Waals surface area contributed by atoms with Crippen molar-refractivity contribution < 1.29 is 29.0 Å². The van der Waals surface area contributed by atoms with E-state index in [-0.39, 0.29) is 57.7 Å². The van der Waals surface area contributed by atoms with Crippen LogP contribution < -0.4 is 37.7 Å². The first kappa shape index (κ1) is 53.1. The van der Waals surface area contributed by atoms with Gasteiger partial charge in [-0.3, -0.25) is 19.4 Å². The lowest BCUT2D eigenvalue weighted by Gasteiger charge is -2.38. The summed E-state index contributed by atoms with van der Waals surface area (Å²) in [5.74, 6) is -0.380. The van der Waals surface area contributed by atoms with E-state index >= 15 is 0 Å². The number of hydrogen-bond donors (Lipinski definition) is 6. The second kappa shape index (κ2) is 23.4. The Bertz CT molecular complexity index is 3300. The molecule has 77 heavy (non-hydrogen) atoms. The zero-order chi connectivity index (χ0) is 54.3. The van der Waals surface area contributed by atoms with Crippen LogP contribution in [0, 0.1) is 5.92 Å². The number of hydrogen-bond acceptors (Lipinski definition) is 18. The van der Waals surface area contributed by atoms with Crippen LogP contribution in [0.4, 0.5) is 23.5 Å². The molecule has 0 unspecified atom stereocenters. The van der Waals surface area contributed by atoms with Crippen molar-refractivity contribution in [2.45, 2.75) is 71.4 Å². The van der Waals surface area contributed by atoms with Crippen molar-refractivity contribution >= 4 is 58.2 Å². The topological polar surface area (TPSA) is 337 Å². The summed E-state index contributed by atoms with van der Waals surface area (Å²) in [5.41, 5.74) is 19.8. The van der Waals surface area contributed by atoms with Gasteiger partial charge in [0.05, 0.1) is 17.0 Å². The monoisotopic (exact) mass is 1050 g/mol. The lowest BCUT2D eigenvalue weighted by atomic mass is 9.90. The molecule has 25 heteroatoms. The summed E-state index contributed by atoms with van der Waals surface area (Å²) in [6, 6.07) is 12.6. The number of carboxylic acids is 1. The van der Waals surface area contributed by atoms with E-state index in [1.54, 1.807) is 51.6 Å². The highest BCUT2D eigenvalue weighted by Gasteiger charge is 2.35. The highest BCUT2D eigenvalue weighted by molar-refractivity contribution is 6.08. The minimum atomic E-state index is -1.22. The number of amides is 2. The van der Waals surface area contributed by atoms with Crippen LogP contribution in [0.2, 0.25) is 0 Å². The number of carbonyl (C=O) groups excluding carboxylic acids is 2. The first-order valence-corrected chi connectivity index (χ1v) is 25.9. The molecule has 4 aliphatic rings. The number of nitrogens with two attached hydrogens (primary N) is 3. The number of aromatic hydroxyl groups is 1. The molecule has 9 rings (SSSR count). The third-order valence-corrected chi connectivity index (χ3v) is 14.2. The van der Waals surface area contributed by atoms with Gasteiger partial charge in [0, 0.05) is 106 Å². The second-order valence-electron chi connectivity index (χ2n) is 19.4. The van der Waals surface area contributed by atoms with E-state index in [2.05, 4.69) is 37.9 Å². The molecule has 3 aromatic heterocycles. The number of benzene rings is 3. The lowest BCUT2D eigenvalue weighted by Crippen LogP contribution is -2.52. The highest BCUT2D eigenvalue weighted by atomic mass is 16.4. The van der Waals surface area contributed by atoms with Gasteiger partial charge in [-0.05, 0) is 93.5 Å². The molecule has 5 aromatic rings. The largest absolute Gasteiger partial charge is 0.508 e. The van der Waals surface area contributed by atoms with Crippen molar-refractivity contribution in [3.8, 4) is 28.2 Å². The van der Waals surface area contributed by atoms with Gasteiger partial charge in [0.1, 0.15) is 29.2 Å². The minimum absolute atomic E-state index is 0.00833. The van der Waals surface area contributed by atoms with Gasteiger partial charge in [0.25, 0.3) is 0 Å². The number of piperazine rings is 2. The summed E-state index contributed by atoms with van der Waals surface area (Å²) in [4.78, 5) is 80.2. The Balaban J connectivity index is 0.974. The number of aromatic nitrogens is 9. The van der Waals surface area contributed by atoms with E-state index in [1.807, 2.05) is 27.8 Å². The predicted octanol–water partition coefficient (Wildman–Crippen LogP) is 3.41. The molecule has 2 fully saturated rings. The van der Waals surface area contributed by atoms with E-state index in [4.69, 9.17) is 36.6 Å². The maximum Gasteiger partial charge on any atom is 0.336 e. The molecule has 1 aliphatic carbocycles. The van der Waals surface area contributed by atoms with Gasteiger partial charge in [-0.25, -0.2) is 14.2 Å². The molecule has 404 valence electrons. The van der Waals surface area contributed by atoms with Crippen LogP contribution in [-0.2, 0) is 22.4 Å². The third kappa shape index (κ3) is 12.0. The van der Waals surface area contributed by atoms with E-state index in [9.17, 15) is 29.4 Å². The van der Waals surface area contributed by atoms with E-state index in [1.165, 1.54) is 30.3 Å². The van der Waals surface area contributed by atoms with Crippen LogP contribution >= 0.6 is 0 Å². The van der Waals surface area contributed by atoms with Crippen molar-refractivity contribution in [1.29, 1.82) is 0 Å². The number of unbranched alkanes of at least 4 members (excludes halogenated alkanes) is 1. The number of nitrogens with zero attached hydrogens (tertiary/aromatic N) is 14. The summed E-state index contributed by atoms with van der Waals surface area (Å²) in [6.07, 6.45) is 8.15. The molecule has 0 bridgehead atoms. The quantitative estimate of drug-likeness (QED) is 0.0276. The van der Waals surface area contributed by atoms with Gasteiger partial charge in [0.2, 0.25) is 29.7 Å². The molecule has 0 radical (unpaired) electrons. The Kier molecular flexibility index (Phi) is 16.2. The fraction of sp³-hybridized carbons (Fsp3) is 0.423. The Morgan fingerprint density at radius 1 is 0.766 bits per heavy atom. The van der Waals surface area contributed by atoms with E-state index in [0.29, 0.717) is 118 Å². The molecule has 3 aliphatic heterocycles. The molecule has 0 saturated carbocycles. The van der Waals surface area contributed by atoms with Gasteiger partial charge < -0.3 is 56.7 Å². The summed E-state index contributed by atoms with van der Waals surface area (Å²) in [6.45, 7) is 10.0. The molecule has 25 nitrogen and oxygen atoms in total. The van der Waals surface area contributed by atoms with Gasteiger partial charge >= 0.3 is 5.97 Å². The van der Waals surface area contributed by atoms with Crippen molar-refractivity contribution in [1.82, 2.24) is 54.7 Å². The van der Waals surface area contributed by atoms with Gasteiger partial charge in [-0.15, -0.1) is 10.2 Å². The summed E-state index contributed by atoms with van der Waals surface area (Å²) >= 11 is 0. The van der Waals surface area contributed by atoms with E-state index in [0.717, 1.165) is 37.1 Å². The van der Waals surface area contributed by atoms with Crippen LogP contribution in [0.1, 0.15) is 80.3 Å². The summed E-state index contributed by atoms with van der Waals surface area (Å²) < 4.78 is 9.29. The lowest BCUT2D eigenvalue weighted by molar-refractivity contribution is -0.137. The number of aliphatic imine (C=N–C) groups is 1. The Morgan fingerprint density at radius 2 is 1.40 bits per heavy atom. The molecule has 2 aromatic carbocycles. The molecule has 0 spiro atoms. The van der Waals surface area contributed by atoms with Crippen LogP contribution in [0.15, 0.2) is 81.2 Å². The highest BCUT2D eigenvalue weighted by Crippen LogP contribution is 2.43. The van der Waals surface area contributed by atoms with Gasteiger partial charge in [-0.1, -0.05) is 36.8 Å². The number of carboxylic acid groups (broad SMARTS) is 1. The van der Waals surface area contributed by atoms with Crippen molar-refractivity contribution in [3.05, 3.63) is 94.2 Å². The van der Waals surface area contributed by atoms with Crippen molar-refractivity contribution in [3.63, 3.8) is 0 Å². The van der Waals surface area contributed by atoms with Crippen LogP contribution in [0.3, 0.4) is 0 Å². The fourth-order valence-corrected chi connectivity index (χ4v) is 9.75. The summed E-state index contributed by atoms with van der Waals surface area (Å²) in [5, 5.41) is 42.1. The number of aryl methyl sites for hydroxylation is 2. The normalized spacial score (nSPS) is 15.2. The van der Waals surface area contributed by atoms with Crippen LogP contribution in [0.25, 0.3) is 33.4 Å². The average molecular weight is 1050 g/mol. The number of phenolic OH excluding ortho intramolecular Hbond substituents is 1. The smallest absolute Gasteiger partial charge is 0.336 e. The number of phenols is 1. The van der Waals surface area contributed by atoms with Crippen molar-refractivity contribution in [2.24, 2.45) is 28.1 Å². The Hall–Kier alpha value is -8.74. The zero-order valence-corrected chi connectivity index (χ0v) is 43.3. The number of carbonyl (C=O) groups is 3. The minimum Gasteiger partial charge on any atom is -0.508 e. The van der Waals surface area contributed by atoms with E-state index < -0.39 is 18.1 Å². The number of anilines is 4. The summed E-state index contributed by atoms with van der Waals surface area (Å²) in [7, 11) is 0. The molecule has 2 amide bonds. The molecular formula is C52H64N18O7. The van der Waals surface area contributed by atoms with Crippen LogP contribution in [-0.4, -0.2) is 154 Å².